The molecule has 0 radical (unpaired) electrons. The molecule has 0 aliphatic rings. The molecular formula is C12H29F. The highest BCUT2D eigenvalue weighted by Crippen LogP contribution is 1.48. The van der Waals surface area contributed by atoms with Crippen LogP contribution in [0.2, 0.25) is 0 Å². The van der Waals surface area contributed by atoms with Gasteiger partial charge in [0.25, 0.3) is 0 Å². The van der Waals surface area contributed by atoms with Gasteiger partial charge in [-0.25, -0.2) is 0 Å². The van der Waals surface area contributed by atoms with Crippen molar-refractivity contribution in [3.63, 3.8) is 0 Å². The molecule has 0 aromatic carbocycles. The third kappa shape index (κ3) is 2900. The molecule has 0 unspecified atom stereocenters. The molecule has 0 bridgehead atoms. The first-order chi connectivity index (χ1) is 6.24. The Morgan fingerprint density at radius 2 is 0.923 bits per heavy atom. The predicted octanol–water partition coefficient (Wildman–Crippen LogP) is 5.41. The van der Waals surface area contributed by atoms with E-state index in [2.05, 4.69) is 13.2 Å². The fraction of sp³-hybridized carbons (Fsp3) is 0.667. The van der Waals surface area contributed by atoms with Crippen LogP contribution in [0, 0.1) is 0 Å². The Bertz CT molecular complexity index is 34.4. The quantitative estimate of drug-likeness (QED) is 0.450. The normalized spacial score (nSPS) is 4.31. The van der Waals surface area contributed by atoms with Crippen molar-refractivity contribution in [1.29, 1.82) is 0 Å². The van der Waals surface area contributed by atoms with Crippen molar-refractivity contribution in [3.8, 4) is 0 Å². The van der Waals surface area contributed by atoms with E-state index in [0.717, 1.165) is 0 Å². The Kier molecular flexibility index (Phi) is 482. The minimum atomic E-state index is -0.250. The average Bonchev–Trinajstić information content (AvgIpc) is 2.14. The van der Waals surface area contributed by atoms with Gasteiger partial charge in [0.05, 0.1) is 6.67 Å². The maximum atomic E-state index is 10.3. The summed E-state index contributed by atoms with van der Waals surface area (Å²) in [6, 6.07) is 0. The van der Waals surface area contributed by atoms with Gasteiger partial charge in [0.15, 0.2) is 0 Å². The average molecular weight is 192 g/mol. The molecular weight excluding hydrogens is 163 g/mol. The number of halogens is 1. The zero-order chi connectivity index (χ0) is 12.1. The summed E-state index contributed by atoms with van der Waals surface area (Å²) < 4.78 is 10.3. The van der Waals surface area contributed by atoms with Crippen molar-refractivity contribution in [2.24, 2.45) is 0 Å². The van der Waals surface area contributed by atoms with Gasteiger partial charge < -0.3 is 0 Å². The van der Waals surface area contributed by atoms with Crippen molar-refractivity contribution in [2.75, 3.05) is 6.67 Å². The van der Waals surface area contributed by atoms with Crippen molar-refractivity contribution >= 4 is 0 Å². The molecule has 0 aromatic rings. The Labute approximate surface area is 85.6 Å². The molecule has 0 heterocycles. The molecule has 0 saturated carbocycles. The molecule has 0 fully saturated rings. The number of allylic oxidation sites excluding steroid dienone is 2. The zero-order valence-corrected chi connectivity index (χ0v) is 10.7. The highest BCUT2D eigenvalue weighted by atomic mass is 19.1. The van der Waals surface area contributed by atoms with Crippen LogP contribution in [0.4, 0.5) is 4.39 Å². The highest BCUT2D eigenvalue weighted by Gasteiger charge is 1.39. The Hall–Kier alpha value is -0.590. The standard InChI is InChI=1S/2C3H6.C2H5F.2C2H6/c2*1-3-2;1-2-3;2*1-2/h2*3H,1H2,2H3;2H2,1H3;2*1-2H3. The van der Waals surface area contributed by atoms with Crippen LogP contribution in [-0.4, -0.2) is 6.67 Å². The largest absolute Gasteiger partial charge is 0.251 e. The lowest BCUT2D eigenvalue weighted by Crippen LogP contribution is -1.40. The number of rotatable bonds is 0. The lowest BCUT2D eigenvalue weighted by molar-refractivity contribution is 0.527. The maximum absolute atomic E-state index is 10.3. The molecule has 0 nitrogen and oxygen atoms in total. The molecule has 13 heavy (non-hydrogen) atoms. The third-order valence-electron chi connectivity index (χ3n) is 0. The summed E-state index contributed by atoms with van der Waals surface area (Å²) in [5.41, 5.74) is 0. The van der Waals surface area contributed by atoms with Gasteiger partial charge in [-0.05, 0) is 20.8 Å². The van der Waals surface area contributed by atoms with E-state index >= 15 is 0 Å². The van der Waals surface area contributed by atoms with Gasteiger partial charge in [-0.2, -0.15) is 0 Å². The number of hydrogen-bond acceptors (Lipinski definition) is 0. The van der Waals surface area contributed by atoms with Gasteiger partial charge in [0.2, 0.25) is 0 Å². The van der Waals surface area contributed by atoms with E-state index in [1.165, 1.54) is 6.92 Å². The Balaban J connectivity index is -0.0000000208. The van der Waals surface area contributed by atoms with Crippen LogP contribution >= 0.6 is 0 Å². The first kappa shape index (κ1) is 29.4. The molecule has 0 spiro atoms. The molecule has 0 amide bonds. The highest BCUT2D eigenvalue weighted by molar-refractivity contribution is 4.51. The van der Waals surface area contributed by atoms with E-state index in [-0.39, 0.29) is 6.67 Å². The Morgan fingerprint density at radius 1 is 0.923 bits per heavy atom. The van der Waals surface area contributed by atoms with Gasteiger partial charge in [-0.1, -0.05) is 39.8 Å². The van der Waals surface area contributed by atoms with Crippen molar-refractivity contribution in [3.05, 3.63) is 25.3 Å². The van der Waals surface area contributed by atoms with E-state index in [4.69, 9.17) is 0 Å². The molecule has 1 heteroatoms. The topological polar surface area (TPSA) is 0 Å². The smallest absolute Gasteiger partial charge is 0.0866 e. The Morgan fingerprint density at radius 3 is 0.923 bits per heavy atom. The third-order valence-corrected chi connectivity index (χ3v) is 0. The zero-order valence-electron chi connectivity index (χ0n) is 10.7. The molecule has 0 atom stereocenters. The van der Waals surface area contributed by atoms with Crippen LogP contribution < -0.4 is 0 Å². The van der Waals surface area contributed by atoms with Crippen molar-refractivity contribution < 1.29 is 4.39 Å². The van der Waals surface area contributed by atoms with E-state index in [0.29, 0.717) is 0 Å². The van der Waals surface area contributed by atoms with Gasteiger partial charge in [-0.15, -0.1) is 13.2 Å². The second-order valence-corrected chi connectivity index (χ2v) is 1.08. The van der Waals surface area contributed by atoms with E-state index in [1.54, 1.807) is 12.2 Å². The molecule has 0 aliphatic heterocycles. The second kappa shape index (κ2) is 213. The van der Waals surface area contributed by atoms with Gasteiger partial charge in [-0.3, -0.25) is 4.39 Å². The fourth-order valence-electron chi connectivity index (χ4n) is 0. The van der Waals surface area contributed by atoms with Crippen LogP contribution in [0.1, 0.15) is 48.5 Å². The summed E-state index contributed by atoms with van der Waals surface area (Å²) in [5, 5.41) is 0. The van der Waals surface area contributed by atoms with Crippen LogP contribution in [0.3, 0.4) is 0 Å². The number of alkyl halides is 1. The van der Waals surface area contributed by atoms with Crippen molar-refractivity contribution in [2.45, 2.75) is 48.5 Å². The van der Waals surface area contributed by atoms with Crippen molar-refractivity contribution in [1.82, 2.24) is 0 Å². The number of hydrogen-bond donors (Lipinski definition) is 0. The summed E-state index contributed by atoms with van der Waals surface area (Å²) >= 11 is 0. The molecule has 0 saturated heterocycles. The lowest BCUT2D eigenvalue weighted by Gasteiger charge is -1.45. The van der Waals surface area contributed by atoms with Gasteiger partial charge >= 0.3 is 0 Å². The van der Waals surface area contributed by atoms with Crippen LogP contribution in [0.25, 0.3) is 0 Å². The summed E-state index contributed by atoms with van der Waals surface area (Å²) in [5.74, 6) is 0. The summed E-state index contributed by atoms with van der Waals surface area (Å²) in [7, 11) is 0. The lowest BCUT2D eigenvalue weighted by atomic mass is 10.8. The minimum Gasteiger partial charge on any atom is -0.251 e. The maximum Gasteiger partial charge on any atom is 0.0866 e. The summed E-state index contributed by atoms with van der Waals surface area (Å²) in [6.45, 7) is 19.7. The molecule has 0 aromatic heterocycles. The summed E-state index contributed by atoms with van der Waals surface area (Å²) in [6.07, 6.45) is 3.50. The van der Waals surface area contributed by atoms with Gasteiger partial charge in [0.1, 0.15) is 0 Å². The van der Waals surface area contributed by atoms with Crippen LogP contribution in [0.5, 0.6) is 0 Å². The fourth-order valence-corrected chi connectivity index (χ4v) is 0. The van der Waals surface area contributed by atoms with E-state index in [9.17, 15) is 4.39 Å². The molecule has 0 aliphatic carbocycles. The second-order valence-electron chi connectivity index (χ2n) is 1.08. The summed E-state index contributed by atoms with van der Waals surface area (Å²) in [4.78, 5) is 0. The first-order valence-electron chi connectivity index (χ1n) is 4.95. The van der Waals surface area contributed by atoms with Crippen LogP contribution in [0.15, 0.2) is 25.3 Å². The predicted molar refractivity (Wildman–Crippen MR) is 66.1 cm³/mol. The molecule has 84 valence electrons. The molecule has 0 rings (SSSR count). The van der Waals surface area contributed by atoms with E-state index < -0.39 is 0 Å². The van der Waals surface area contributed by atoms with E-state index in [1.807, 2.05) is 41.5 Å². The minimum absolute atomic E-state index is 0.250. The van der Waals surface area contributed by atoms with Gasteiger partial charge in [0, 0.05) is 0 Å². The monoisotopic (exact) mass is 192 g/mol. The molecule has 0 N–H and O–H groups in total. The first-order valence-corrected chi connectivity index (χ1v) is 4.95. The SMILES string of the molecule is C=CC.C=CC.CC.CC.CCF. The van der Waals surface area contributed by atoms with Crippen LogP contribution in [-0.2, 0) is 0 Å².